The maximum Gasteiger partial charge on any atom is 0.275 e. The fourth-order valence-electron chi connectivity index (χ4n) is 4.31. The van der Waals surface area contributed by atoms with Crippen molar-refractivity contribution in [3.63, 3.8) is 0 Å². The molecule has 32 heavy (non-hydrogen) atoms. The zero-order valence-electron chi connectivity index (χ0n) is 18.7. The summed E-state index contributed by atoms with van der Waals surface area (Å²) in [5.41, 5.74) is 1.37. The van der Waals surface area contributed by atoms with Crippen LogP contribution in [-0.4, -0.2) is 74.3 Å². The fraction of sp³-hybridized carbons (Fsp3) is 0.500. The number of para-hydroxylation sites is 1. The molecule has 170 valence electrons. The molecular formula is C22H28N6O4. The third kappa shape index (κ3) is 4.50. The zero-order valence-corrected chi connectivity index (χ0v) is 18.7. The van der Waals surface area contributed by atoms with E-state index in [1.54, 1.807) is 18.7 Å². The molecule has 4 rings (SSSR count). The molecule has 0 N–H and O–H groups in total. The number of rotatable bonds is 7. The molecule has 1 aromatic carbocycles. The summed E-state index contributed by atoms with van der Waals surface area (Å²) in [5.74, 6) is 0.812. The van der Waals surface area contributed by atoms with Crippen LogP contribution in [0, 0.1) is 0 Å². The highest BCUT2D eigenvalue weighted by molar-refractivity contribution is 6.04. The normalized spacial score (nSPS) is 16.5. The molecule has 1 atom stereocenters. The van der Waals surface area contributed by atoms with Gasteiger partial charge in [-0.05, 0) is 18.9 Å². The summed E-state index contributed by atoms with van der Waals surface area (Å²) in [6.07, 6.45) is 2.14. The lowest BCUT2D eigenvalue weighted by molar-refractivity contribution is -0.132. The van der Waals surface area contributed by atoms with Crippen molar-refractivity contribution in [3.8, 4) is 0 Å². The van der Waals surface area contributed by atoms with Crippen LogP contribution in [0.25, 0.3) is 10.9 Å². The van der Waals surface area contributed by atoms with E-state index in [1.807, 2.05) is 41.1 Å². The number of carbonyl (C=O) groups excluding carboxylic acids is 2. The monoisotopic (exact) mass is 440 g/mol. The van der Waals surface area contributed by atoms with Gasteiger partial charge in [0.1, 0.15) is 6.61 Å². The molecule has 0 bridgehead atoms. The molecule has 1 aliphatic heterocycles. The average molecular weight is 441 g/mol. The Bertz CT molecular complexity index is 1110. The lowest BCUT2D eigenvalue weighted by Crippen LogP contribution is -2.51. The molecular weight excluding hydrogens is 412 g/mol. The number of hydrogen-bond acceptors (Lipinski definition) is 7. The van der Waals surface area contributed by atoms with Gasteiger partial charge in [-0.1, -0.05) is 23.4 Å². The second-order valence-electron chi connectivity index (χ2n) is 8.04. The van der Waals surface area contributed by atoms with Gasteiger partial charge in [-0.2, -0.15) is 10.1 Å². The highest BCUT2D eigenvalue weighted by Crippen LogP contribution is 2.23. The minimum atomic E-state index is -0.0997. The second kappa shape index (κ2) is 9.47. The maximum absolute atomic E-state index is 13.3. The van der Waals surface area contributed by atoms with Gasteiger partial charge in [0.2, 0.25) is 5.91 Å². The number of aromatic nitrogens is 4. The summed E-state index contributed by atoms with van der Waals surface area (Å²) >= 11 is 0. The van der Waals surface area contributed by atoms with E-state index in [1.165, 1.54) is 0 Å². The van der Waals surface area contributed by atoms with Crippen molar-refractivity contribution in [2.75, 3.05) is 26.7 Å². The number of benzene rings is 1. The molecule has 0 saturated carbocycles. The van der Waals surface area contributed by atoms with Crippen molar-refractivity contribution < 1.29 is 18.8 Å². The Hall–Kier alpha value is -3.27. The number of hydrogen-bond donors (Lipinski definition) is 0. The molecule has 0 spiro atoms. The van der Waals surface area contributed by atoms with Crippen LogP contribution in [-0.2, 0) is 29.6 Å². The first-order valence-electron chi connectivity index (χ1n) is 10.8. The number of carbonyl (C=O) groups is 2. The molecule has 1 saturated heterocycles. The molecule has 1 fully saturated rings. The third-order valence-electron chi connectivity index (χ3n) is 5.84. The van der Waals surface area contributed by atoms with Gasteiger partial charge in [0.25, 0.3) is 11.8 Å². The summed E-state index contributed by atoms with van der Waals surface area (Å²) < 4.78 is 11.9. The molecule has 0 radical (unpaired) electrons. The molecule has 3 aromatic rings. The summed E-state index contributed by atoms with van der Waals surface area (Å²) in [7, 11) is 3.40. The van der Waals surface area contributed by atoms with Gasteiger partial charge in [-0.15, -0.1) is 0 Å². The fourth-order valence-corrected chi connectivity index (χ4v) is 4.31. The van der Waals surface area contributed by atoms with Crippen LogP contribution in [0.5, 0.6) is 0 Å². The molecule has 1 unspecified atom stereocenters. The maximum atomic E-state index is 13.3. The van der Waals surface area contributed by atoms with Crippen LogP contribution >= 0.6 is 0 Å². The van der Waals surface area contributed by atoms with Crippen LogP contribution < -0.4 is 0 Å². The smallest absolute Gasteiger partial charge is 0.275 e. The first kappa shape index (κ1) is 21.9. The van der Waals surface area contributed by atoms with E-state index >= 15 is 0 Å². The van der Waals surface area contributed by atoms with E-state index in [2.05, 4.69) is 15.2 Å². The molecule has 0 aliphatic carbocycles. The van der Waals surface area contributed by atoms with E-state index in [0.717, 1.165) is 23.7 Å². The molecule has 10 heteroatoms. The van der Waals surface area contributed by atoms with Gasteiger partial charge >= 0.3 is 0 Å². The summed E-state index contributed by atoms with van der Waals surface area (Å²) in [6, 6.07) is 7.65. The van der Waals surface area contributed by atoms with Crippen LogP contribution in [0.4, 0.5) is 0 Å². The summed E-state index contributed by atoms with van der Waals surface area (Å²) in [4.78, 5) is 33.6. The SMILES string of the molecule is COCc1nc(CCN(C(C)=O)C2CCCN(C(=O)c3nn(C)c4ccccc34)C2)no1. The molecule has 2 amide bonds. The number of aryl methyl sites for hydroxylation is 1. The number of nitrogens with zero attached hydrogens (tertiary/aromatic N) is 6. The van der Waals surface area contributed by atoms with Crippen molar-refractivity contribution in [2.24, 2.45) is 7.05 Å². The first-order valence-corrected chi connectivity index (χ1v) is 10.8. The van der Waals surface area contributed by atoms with Crippen LogP contribution in [0.2, 0.25) is 0 Å². The number of likely N-dealkylation sites (tertiary alicyclic amines) is 1. The van der Waals surface area contributed by atoms with E-state index in [9.17, 15) is 9.59 Å². The van der Waals surface area contributed by atoms with Crippen LogP contribution in [0.3, 0.4) is 0 Å². The van der Waals surface area contributed by atoms with Gasteiger partial charge < -0.3 is 19.1 Å². The summed E-state index contributed by atoms with van der Waals surface area (Å²) in [5, 5.41) is 9.26. The molecule has 1 aliphatic rings. The Kier molecular flexibility index (Phi) is 6.50. The Morgan fingerprint density at radius 2 is 2.12 bits per heavy atom. The van der Waals surface area contributed by atoms with Crippen molar-refractivity contribution in [1.29, 1.82) is 0 Å². The minimum absolute atomic E-state index is 0.0341. The Morgan fingerprint density at radius 3 is 2.91 bits per heavy atom. The highest BCUT2D eigenvalue weighted by atomic mass is 16.5. The molecule has 2 aromatic heterocycles. The van der Waals surface area contributed by atoms with Gasteiger partial charge in [0.15, 0.2) is 11.5 Å². The lowest BCUT2D eigenvalue weighted by atomic mass is 10.0. The van der Waals surface area contributed by atoms with Gasteiger partial charge in [-0.25, -0.2) is 0 Å². The predicted octanol–water partition coefficient (Wildman–Crippen LogP) is 1.80. The zero-order chi connectivity index (χ0) is 22.7. The average Bonchev–Trinajstić information content (AvgIpc) is 3.38. The largest absolute Gasteiger partial charge is 0.375 e. The second-order valence-corrected chi connectivity index (χ2v) is 8.04. The Labute approximate surface area is 186 Å². The van der Waals surface area contributed by atoms with Crippen LogP contribution in [0.15, 0.2) is 28.8 Å². The topological polar surface area (TPSA) is 107 Å². The molecule has 3 heterocycles. The lowest BCUT2D eigenvalue weighted by Gasteiger charge is -2.38. The van der Waals surface area contributed by atoms with E-state index in [4.69, 9.17) is 9.26 Å². The quantitative estimate of drug-likeness (QED) is 0.551. The van der Waals surface area contributed by atoms with Gasteiger partial charge in [0.05, 0.1) is 5.52 Å². The van der Waals surface area contributed by atoms with Crippen molar-refractivity contribution in [3.05, 3.63) is 41.7 Å². The van der Waals surface area contributed by atoms with E-state index in [-0.39, 0.29) is 24.5 Å². The Morgan fingerprint density at radius 1 is 1.31 bits per heavy atom. The standard InChI is InChI=1S/C22H28N6O4/c1-15(29)28(12-10-19-23-20(14-31-3)32-25-19)16-7-6-11-27(13-16)22(30)21-17-8-4-5-9-18(17)26(2)24-21/h4-5,8-9,16H,6-7,10-14H2,1-3H3. The van der Waals surface area contributed by atoms with Crippen LogP contribution in [0.1, 0.15) is 42.0 Å². The van der Waals surface area contributed by atoms with Crippen molar-refractivity contribution >= 4 is 22.7 Å². The number of methoxy groups -OCH3 is 1. The number of fused-ring (bicyclic) bond motifs is 1. The predicted molar refractivity (Wildman–Crippen MR) is 116 cm³/mol. The summed E-state index contributed by atoms with van der Waals surface area (Å²) in [6.45, 7) is 3.40. The Balaban J connectivity index is 1.45. The number of ether oxygens (including phenoxy) is 1. The number of piperidine rings is 1. The minimum Gasteiger partial charge on any atom is -0.375 e. The van der Waals surface area contributed by atoms with Gasteiger partial charge in [0, 0.05) is 58.6 Å². The van der Waals surface area contributed by atoms with Gasteiger partial charge in [-0.3, -0.25) is 14.3 Å². The highest BCUT2D eigenvalue weighted by Gasteiger charge is 2.31. The van der Waals surface area contributed by atoms with Crippen molar-refractivity contribution in [2.45, 2.75) is 38.8 Å². The number of amides is 2. The first-order chi connectivity index (χ1) is 15.5. The van der Waals surface area contributed by atoms with E-state index in [0.29, 0.717) is 43.5 Å². The van der Waals surface area contributed by atoms with Crippen molar-refractivity contribution in [1.82, 2.24) is 29.7 Å². The third-order valence-corrected chi connectivity index (χ3v) is 5.84. The van der Waals surface area contributed by atoms with E-state index < -0.39 is 0 Å². The molecule has 10 nitrogen and oxygen atoms in total.